The van der Waals surface area contributed by atoms with Crippen LogP contribution in [0.15, 0.2) is 24.5 Å². The number of hydrogen-bond acceptors (Lipinski definition) is 10. The fourth-order valence-electron chi connectivity index (χ4n) is 3.46. The van der Waals surface area contributed by atoms with E-state index in [2.05, 4.69) is 25.5 Å². The van der Waals surface area contributed by atoms with Gasteiger partial charge in [-0.2, -0.15) is 0 Å². The number of likely N-dealkylation sites (tertiary alicyclic amines) is 1. The Morgan fingerprint density at radius 3 is 2.23 bits per heavy atom. The van der Waals surface area contributed by atoms with E-state index in [-0.39, 0.29) is 11.1 Å². The minimum Gasteiger partial charge on any atom is -0.465 e. The number of rotatable bonds is 8. The van der Waals surface area contributed by atoms with Crippen LogP contribution in [0.1, 0.15) is 40.0 Å². The molecular formula is C21H28N6O4. The van der Waals surface area contributed by atoms with Crippen LogP contribution in [-0.2, 0) is 9.47 Å². The molecule has 0 unspecified atom stereocenters. The molecule has 4 N–H and O–H groups in total. The second-order valence-corrected chi connectivity index (χ2v) is 7.22. The molecule has 10 heteroatoms. The smallest absolute Gasteiger partial charge is 0.337 e. The molecule has 166 valence electrons. The fraction of sp³-hybridized carbons (Fsp3) is 0.429. The highest BCUT2D eigenvalue weighted by atomic mass is 16.5. The zero-order chi connectivity index (χ0) is 22.2. The van der Waals surface area contributed by atoms with Crippen molar-refractivity contribution in [3.8, 4) is 0 Å². The van der Waals surface area contributed by atoms with Gasteiger partial charge >= 0.3 is 11.9 Å². The van der Waals surface area contributed by atoms with Gasteiger partial charge in [0.2, 0.25) is 0 Å². The van der Waals surface area contributed by atoms with E-state index in [0.717, 1.165) is 19.6 Å². The van der Waals surface area contributed by atoms with Gasteiger partial charge in [0.05, 0.1) is 25.3 Å². The molecule has 0 spiro atoms. The molecular weight excluding hydrogens is 400 g/mol. The topological polar surface area (TPSA) is 132 Å². The van der Waals surface area contributed by atoms with Crippen molar-refractivity contribution in [1.29, 1.82) is 0 Å². The molecule has 1 saturated heterocycles. The summed E-state index contributed by atoms with van der Waals surface area (Å²) in [6.07, 6.45) is 5.17. The largest absolute Gasteiger partial charge is 0.465 e. The number of aromatic nitrogens is 2. The van der Waals surface area contributed by atoms with E-state index in [9.17, 15) is 9.59 Å². The highest BCUT2D eigenvalue weighted by Gasteiger charge is 2.16. The van der Waals surface area contributed by atoms with Gasteiger partial charge in [-0.1, -0.05) is 6.42 Å². The molecule has 0 radical (unpaired) electrons. The summed E-state index contributed by atoms with van der Waals surface area (Å²) in [5, 5.41) is 6.31. The molecule has 2 aromatic rings. The maximum Gasteiger partial charge on any atom is 0.337 e. The fourth-order valence-corrected chi connectivity index (χ4v) is 3.46. The van der Waals surface area contributed by atoms with Crippen molar-refractivity contribution < 1.29 is 19.1 Å². The molecule has 31 heavy (non-hydrogen) atoms. The third-order valence-corrected chi connectivity index (χ3v) is 5.09. The van der Waals surface area contributed by atoms with Crippen LogP contribution in [0.5, 0.6) is 0 Å². The van der Waals surface area contributed by atoms with Gasteiger partial charge in [-0.3, -0.25) is 0 Å². The first-order chi connectivity index (χ1) is 15.0. The molecule has 0 bridgehead atoms. The summed E-state index contributed by atoms with van der Waals surface area (Å²) in [5.41, 5.74) is 7.42. The van der Waals surface area contributed by atoms with E-state index in [1.807, 2.05) is 0 Å². The average Bonchev–Trinajstić information content (AvgIpc) is 2.80. The number of methoxy groups -OCH3 is 2. The maximum atomic E-state index is 12.0. The number of carbonyl (C=O) groups is 2. The van der Waals surface area contributed by atoms with Gasteiger partial charge in [0.15, 0.2) is 11.6 Å². The Balaban J connectivity index is 1.75. The molecule has 3 rings (SSSR count). The summed E-state index contributed by atoms with van der Waals surface area (Å²) in [7, 11) is 2.54. The summed E-state index contributed by atoms with van der Waals surface area (Å²) in [5.74, 6) is -0.283. The lowest BCUT2D eigenvalue weighted by Crippen LogP contribution is -2.33. The van der Waals surface area contributed by atoms with Gasteiger partial charge in [0.25, 0.3) is 0 Å². The van der Waals surface area contributed by atoms with E-state index in [1.165, 1.54) is 45.9 Å². The van der Waals surface area contributed by atoms with Crippen LogP contribution in [-0.4, -0.2) is 67.2 Å². The number of anilines is 4. The highest BCUT2D eigenvalue weighted by molar-refractivity contribution is 5.97. The molecule has 2 heterocycles. The number of nitrogens with zero attached hydrogens (tertiary/aromatic N) is 3. The first kappa shape index (κ1) is 22.3. The first-order valence-corrected chi connectivity index (χ1v) is 10.2. The van der Waals surface area contributed by atoms with Crippen molar-refractivity contribution >= 4 is 34.9 Å². The predicted octanol–water partition coefficient (Wildman–Crippen LogP) is 2.27. The molecule has 0 amide bonds. The Labute approximate surface area is 181 Å². The Bertz CT molecular complexity index is 896. The number of nitrogens with two attached hydrogens (primary N) is 1. The van der Waals surface area contributed by atoms with Gasteiger partial charge in [-0.25, -0.2) is 19.6 Å². The average molecular weight is 428 g/mol. The van der Waals surface area contributed by atoms with Crippen LogP contribution in [0.25, 0.3) is 0 Å². The Morgan fingerprint density at radius 1 is 1.00 bits per heavy atom. The zero-order valence-corrected chi connectivity index (χ0v) is 17.8. The Morgan fingerprint density at radius 2 is 1.61 bits per heavy atom. The molecule has 1 aliphatic rings. The molecule has 1 aliphatic heterocycles. The Kier molecular flexibility index (Phi) is 7.60. The van der Waals surface area contributed by atoms with Crippen LogP contribution >= 0.6 is 0 Å². The van der Waals surface area contributed by atoms with E-state index in [4.69, 9.17) is 15.2 Å². The molecule has 1 aromatic heterocycles. The van der Waals surface area contributed by atoms with Gasteiger partial charge in [-0.05, 0) is 44.1 Å². The standard InChI is InChI=1S/C21H28N6O4/c1-30-20(28)14-10-15(21(29)31-2)12-16(11-14)26-19-17(22)18(24-13-25-19)23-6-9-27-7-4-3-5-8-27/h10-13H,3-9,22H2,1-2H3,(H2,23,24,25,26). The van der Waals surface area contributed by atoms with E-state index >= 15 is 0 Å². The van der Waals surface area contributed by atoms with Crippen molar-refractivity contribution in [3.05, 3.63) is 35.7 Å². The minimum absolute atomic E-state index is 0.195. The summed E-state index contributed by atoms with van der Waals surface area (Å²) >= 11 is 0. The van der Waals surface area contributed by atoms with Gasteiger partial charge in [-0.15, -0.1) is 0 Å². The van der Waals surface area contributed by atoms with Crippen LogP contribution in [0.3, 0.4) is 0 Å². The monoisotopic (exact) mass is 428 g/mol. The normalized spacial score (nSPS) is 14.0. The second kappa shape index (κ2) is 10.6. The third-order valence-electron chi connectivity index (χ3n) is 5.09. The lowest BCUT2D eigenvalue weighted by atomic mass is 10.1. The molecule has 0 atom stereocenters. The molecule has 10 nitrogen and oxygen atoms in total. The second-order valence-electron chi connectivity index (χ2n) is 7.22. The number of piperidine rings is 1. The number of benzene rings is 1. The number of hydrogen-bond donors (Lipinski definition) is 3. The van der Waals surface area contributed by atoms with Gasteiger partial charge in [0.1, 0.15) is 12.0 Å². The van der Waals surface area contributed by atoms with E-state index in [1.54, 1.807) is 12.1 Å². The van der Waals surface area contributed by atoms with Crippen LogP contribution in [0.2, 0.25) is 0 Å². The number of ether oxygens (including phenoxy) is 2. The van der Waals surface area contributed by atoms with Crippen LogP contribution in [0, 0.1) is 0 Å². The van der Waals surface area contributed by atoms with Crippen molar-refractivity contribution in [3.63, 3.8) is 0 Å². The SMILES string of the molecule is COC(=O)c1cc(Nc2ncnc(NCCN3CCCCC3)c2N)cc(C(=O)OC)c1. The molecule has 1 aromatic carbocycles. The number of esters is 2. The number of nitrogens with one attached hydrogen (secondary N) is 2. The number of carbonyl (C=O) groups excluding carboxylic acids is 2. The zero-order valence-electron chi connectivity index (χ0n) is 17.8. The summed E-state index contributed by atoms with van der Waals surface area (Å²) < 4.78 is 9.53. The van der Waals surface area contributed by atoms with Gasteiger partial charge in [0, 0.05) is 18.8 Å². The summed E-state index contributed by atoms with van der Waals surface area (Å²) in [4.78, 5) is 34.8. The van der Waals surface area contributed by atoms with Crippen molar-refractivity contribution in [2.45, 2.75) is 19.3 Å². The lowest BCUT2D eigenvalue weighted by Gasteiger charge is -2.26. The van der Waals surface area contributed by atoms with Gasteiger partial charge < -0.3 is 30.7 Å². The molecule has 1 fully saturated rings. The minimum atomic E-state index is -0.579. The molecule has 0 aliphatic carbocycles. The summed E-state index contributed by atoms with van der Waals surface area (Å²) in [6, 6.07) is 4.49. The third kappa shape index (κ3) is 5.82. The van der Waals surface area contributed by atoms with E-state index < -0.39 is 11.9 Å². The van der Waals surface area contributed by atoms with Crippen LogP contribution in [0.4, 0.5) is 23.0 Å². The predicted molar refractivity (Wildman–Crippen MR) is 118 cm³/mol. The van der Waals surface area contributed by atoms with E-state index in [0.29, 0.717) is 29.6 Å². The van der Waals surface area contributed by atoms with Crippen molar-refractivity contribution in [1.82, 2.24) is 14.9 Å². The highest BCUT2D eigenvalue weighted by Crippen LogP contribution is 2.27. The van der Waals surface area contributed by atoms with Crippen LogP contribution < -0.4 is 16.4 Å². The maximum absolute atomic E-state index is 12.0. The first-order valence-electron chi connectivity index (χ1n) is 10.2. The lowest BCUT2D eigenvalue weighted by molar-refractivity contribution is 0.0599. The Hall–Kier alpha value is -3.40. The quantitative estimate of drug-likeness (QED) is 0.538. The molecule has 0 saturated carbocycles. The number of nitrogen functional groups attached to an aromatic ring is 1. The van der Waals surface area contributed by atoms with Crippen molar-refractivity contribution in [2.24, 2.45) is 0 Å². The summed E-state index contributed by atoms with van der Waals surface area (Å²) in [6.45, 7) is 3.86. The van der Waals surface area contributed by atoms with Crippen molar-refractivity contribution in [2.75, 3.05) is 56.8 Å².